The van der Waals surface area contributed by atoms with Crippen molar-refractivity contribution in [2.75, 3.05) is 12.4 Å². The average Bonchev–Trinajstić information content (AvgIpc) is 2.07. The van der Waals surface area contributed by atoms with Crippen molar-refractivity contribution in [3.8, 4) is 0 Å². The van der Waals surface area contributed by atoms with Gasteiger partial charge in [-0.1, -0.05) is 12.1 Å². The SMILES string of the molecule is CNc1ccc(CC=O)cc1. The van der Waals surface area contributed by atoms with Gasteiger partial charge in [0.05, 0.1) is 0 Å². The van der Waals surface area contributed by atoms with E-state index in [1.165, 1.54) is 0 Å². The third-order valence-electron chi connectivity index (χ3n) is 1.56. The predicted octanol–water partition coefficient (Wildman–Crippen LogP) is 1.47. The predicted molar refractivity (Wildman–Crippen MR) is 45.8 cm³/mol. The molecule has 0 heterocycles. The second-order valence-electron chi connectivity index (χ2n) is 2.32. The number of carbonyl (C=O) groups excluding carboxylic acids is 1. The van der Waals surface area contributed by atoms with Crippen LogP contribution < -0.4 is 5.32 Å². The summed E-state index contributed by atoms with van der Waals surface area (Å²) in [4.78, 5) is 10.1. The van der Waals surface area contributed by atoms with E-state index in [2.05, 4.69) is 5.32 Å². The molecule has 1 aromatic rings. The van der Waals surface area contributed by atoms with Crippen LogP contribution in [-0.2, 0) is 11.2 Å². The van der Waals surface area contributed by atoms with Crippen molar-refractivity contribution in [1.29, 1.82) is 0 Å². The fourth-order valence-electron chi connectivity index (χ4n) is 0.904. The lowest BCUT2D eigenvalue weighted by atomic mass is 10.1. The van der Waals surface area contributed by atoms with Gasteiger partial charge in [-0.15, -0.1) is 0 Å². The van der Waals surface area contributed by atoms with Crippen molar-refractivity contribution in [3.63, 3.8) is 0 Å². The Bertz CT molecular complexity index is 228. The molecule has 0 fully saturated rings. The van der Waals surface area contributed by atoms with Crippen molar-refractivity contribution in [3.05, 3.63) is 29.8 Å². The van der Waals surface area contributed by atoms with Gasteiger partial charge in [0, 0.05) is 19.2 Å². The Kier molecular flexibility index (Phi) is 2.66. The van der Waals surface area contributed by atoms with Crippen LogP contribution in [0.15, 0.2) is 24.3 Å². The lowest BCUT2D eigenvalue weighted by molar-refractivity contribution is -0.107. The summed E-state index contributed by atoms with van der Waals surface area (Å²) < 4.78 is 0. The van der Waals surface area contributed by atoms with Crippen LogP contribution in [0, 0.1) is 0 Å². The van der Waals surface area contributed by atoms with Crippen molar-refractivity contribution in [1.82, 2.24) is 0 Å². The van der Waals surface area contributed by atoms with Gasteiger partial charge in [0.25, 0.3) is 0 Å². The van der Waals surface area contributed by atoms with E-state index in [9.17, 15) is 4.79 Å². The van der Waals surface area contributed by atoms with E-state index in [0.717, 1.165) is 17.5 Å². The van der Waals surface area contributed by atoms with Crippen LogP contribution in [0.4, 0.5) is 5.69 Å². The molecule has 0 saturated carbocycles. The molecule has 0 amide bonds. The molecule has 1 N–H and O–H groups in total. The normalized spacial score (nSPS) is 9.18. The summed E-state index contributed by atoms with van der Waals surface area (Å²) in [6, 6.07) is 7.80. The third-order valence-corrected chi connectivity index (χ3v) is 1.56. The Labute approximate surface area is 66.2 Å². The van der Waals surface area contributed by atoms with Gasteiger partial charge in [0.2, 0.25) is 0 Å². The van der Waals surface area contributed by atoms with Crippen LogP contribution in [0.1, 0.15) is 5.56 Å². The van der Waals surface area contributed by atoms with E-state index in [-0.39, 0.29) is 0 Å². The fourth-order valence-corrected chi connectivity index (χ4v) is 0.904. The first-order valence-electron chi connectivity index (χ1n) is 3.57. The summed E-state index contributed by atoms with van der Waals surface area (Å²) in [6.07, 6.45) is 1.42. The van der Waals surface area contributed by atoms with Gasteiger partial charge < -0.3 is 10.1 Å². The average molecular weight is 149 g/mol. The standard InChI is InChI=1S/C9H11NO/c1-10-9-4-2-8(3-5-9)6-7-11/h2-5,7,10H,6H2,1H3. The second kappa shape index (κ2) is 3.76. The van der Waals surface area contributed by atoms with Crippen LogP contribution in [0.3, 0.4) is 0 Å². The number of nitrogens with one attached hydrogen (secondary N) is 1. The summed E-state index contributed by atoms with van der Waals surface area (Å²) in [5.41, 5.74) is 2.12. The molecule has 0 radical (unpaired) electrons. The molecule has 11 heavy (non-hydrogen) atoms. The van der Waals surface area contributed by atoms with Gasteiger partial charge in [0.15, 0.2) is 0 Å². The summed E-state index contributed by atoms with van der Waals surface area (Å²) in [5.74, 6) is 0. The molecule has 2 heteroatoms. The van der Waals surface area contributed by atoms with Crippen LogP contribution in [0.2, 0.25) is 0 Å². The molecular weight excluding hydrogens is 138 g/mol. The second-order valence-corrected chi connectivity index (χ2v) is 2.32. The number of hydrogen-bond acceptors (Lipinski definition) is 2. The lowest BCUT2D eigenvalue weighted by Gasteiger charge is -1.99. The number of aldehydes is 1. The first-order chi connectivity index (χ1) is 5.36. The Morgan fingerprint density at radius 1 is 1.36 bits per heavy atom. The van der Waals surface area contributed by atoms with Gasteiger partial charge in [-0.2, -0.15) is 0 Å². The smallest absolute Gasteiger partial charge is 0.124 e. The monoisotopic (exact) mass is 149 g/mol. The van der Waals surface area contributed by atoms with E-state index in [0.29, 0.717) is 6.42 Å². The maximum absolute atomic E-state index is 10.1. The zero-order valence-corrected chi connectivity index (χ0v) is 6.50. The van der Waals surface area contributed by atoms with E-state index in [1.807, 2.05) is 31.3 Å². The summed E-state index contributed by atoms with van der Waals surface area (Å²) in [7, 11) is 1.87. The number of carbonyl (C=O) groups is 1. The van der Waals surface area contributed by atoms with Crippen molar-refractivity contribution >= 4 is 12.0 Å². The van der Waals surface area contributed by atoms with Gasteiger partial charge in [-0.05, 0) is 17.7 Å². The van der Waals surface area contributed by atoms with E-state index in [1.54, 1.807) is 0 Å². The van der Waals surface area contributed by atoms with Crippen molar-refractivity contribution in [2.24, 2.45) is 0 Å². The summed E-state index contributed by atoms with van der Waals surface area (Å²) in [5, 5.41) is 3.01. The molecule has 0 saturated heterocycles. The minimum atomic E-state index is 0.504. The zero-order valence-electron chi connectivity index (χ0n) is 6.50. The highest BCUT2D eigenvalue weighted by molar-refractivity contribution is 5.56. The van der Waals surface area contributed by atoms with E-state index in [4.69, 9.17) is 0 Å². The van der Waals surface area contributed by atoms with Gasteiger partial charge >= 0.3 is 0 Å². The maximum atomic E-state index is 10.1. The Hall–Kier alpha value is -1.31. The minimum absolute atomic E-state index is 0.504. The topological polar surface area (TPSA) is 29.1 Å². The number of hydrogen-bond donors (Lipinski definition) is 1. The largest absolute Gasteiger partial charge is 0.388 e. The number of rotatable bonds is 3. The Morgan fingerprint density at radius 2 is 2.00 bits per heavy atom. The van der Waals surface area contributed by atoms with Gasteiger partial charge in [-0.3, -0.25) is 0 Å². The molecule has 0 aliphatic rings. The van der Waals surface area contributed by atoms with Crippen LogP contribution in [0.5, 0.6) is 0 Å². The summed E-state index contributed by atoms with van der Waals surface area (Å²) in [6.45, 7) is 0. The molecule has 0 aliphatic heterocycles. The molecule has 0 atom stereocenters. The van der Waals surface area contributed by atoms with E-state index >= 15 is 0 Å². The number of anilines is 1. The third kappa shape index (κ3) is 2.08. The molecule has 1 aromatic carbocycles. The first-order valence-corrected chi connectivity index (χ1v) is 3.57. The summed E-state index contributed by atoms with van der Waals surface area (Å²) >= 11 is 0. The fraction of sp³-hybridized carbons (Fsp3) is 0.222. The molecule has 58 valence electrons. The minimum Gasteiger partial charge on any atom is -0.388 e. The van der Waals surface area contributed by atoms with Crippen molar-refractivity contribution < 1.29 is 4.79 Å². The van der Waals surface area contributed by atoms with Gasteiger partial charge in [-0.25, -0.2) is 0 Å². The number of benzene rings is 1. The molecule has 1 rings (SSSR count). The van der Waals surface area contributed by atoms with Crippen LogP contribution in [-0.4, -0.2) is 13.3 Å². The lowest BCUT2D eigenvalue weighted by Crippen LogP contribution is -1.89. The van der Waals surface area contributed by atoms with Gasteiger partial charge in [0.1, 0.15) is 6.29 Å². The van der Waals surface area contributed by atoms with Crippen molar-refractivity contribution in [2.45, 2.75) is 6.42 Å². The maximum Gasteiger partial charge on any atom is 0.124 e. The Morgan fingerprint density at radius 3 is 2.45 bits per heavy atom. The molecule has 0 unspecified atom stereocenters. The molecular formula is C9H11NO. The van der Waals surface area contributed by atoms with E-state index < -0.39 is 0 Å². The van der Waals surface area contributed by atoms with Crippen LogP contribution >= 0.6 is 0 Å². The Balaban J connectivity index is 2.74. The highest BCUT2D eigenvalue weighted by Gasteiger charge is 1.90. The molecule has 0 aromatic heterocycles. The molecule has 2 nitrogen and oxygen atoms in total. The van der Waals surface area contributed by atoms with Crippen LogP contribution in [0.25, 0.3) is 0 Å². The molecule has 0 spiro atoms. The quantitative estimate of drug-likeness (QED) is 0.659. The first kappa shape index (κ1) is 7.79. The zero-order chi connectivity index (χ0) is 8.10. The molecule has 0 aliphatic carbocycles. The highest BCUT2D eigenvalue weighted by Crippen LogP contribution is 2.07. The highest BCUT2D eigenvalue weighted by atomic mass is 16.1. The molecule has 0 bridgehead atoms.